The standard InChI is InChI=1S/C27H28N4O4S/c1-2-3-17-34-22-13-11-21(12-14-22)31(27(33)23-19-36-30-29-23)25(24-10-7-18-35-24)26(32)28-16-15-20-8-5-4-6-9-20/h4-14,18-19,25H,2-3,15-17H2,1H3,(H,28,32). The highest BCUT2D eigenvalue weighted by Gasteiger charge is 2.36. The summed E-state index contributed by atoms with van der Waals surface area (Å²) in [5, 5.41) is 8.47. The number of unbranched alkanes of at least 4 members (excludes halogenated alkanes) is 1. The Morgan fingerprint density at radius 1 is 1.08 bits per heavy atom. The molecule has 1 N–H and O–H groups in total. The van der Waals surface area contributed by atoms with Gasteiger partial charge in [-0.3, -0.25) is 14.5 Å². The van der Waals surface area contributed by atoms with Crippen LogP contribution in [0.3, 0.4) is 0 Å². The van der Waals surface area contributed by atoms with Crippen LogP contribution in [0.1, 0.15) is 47.6 Å². The maximum Gasteiger partial charge on any atom is 0.280 e. The lowest BCUT2D eigenvalue weighted by Crippen LogP contribution is -2.44. The zero-order chi connectivity index (χ0) is 25.2. The first-order valence-electron chi connectivity index (χ1n) is 11.9. The van der Waals surface area contributed by atoms with Crippen molar-refractivity contribution in [3.63, 3.8) is 0 Å². The summed E-state index contributed by atoms with van der Waals surface area (Å²) in [6.07, 6.45) is 4.13. The van der Waals surface area contributed by atoms with Crippen molar-refractivity contribution in [3.8, 4) is 5.75 Å². The SMILES string of the molecule is CCCCOc1ccc(N(C(=O)c2csnn2)C(C(=O)NCCc2ccccc2)c2ccco2)cc1. The second-order valence-corrected chi connectivity index (χ2v) is 8.72. The molecule has 186 valence electrons. The van der Waals surface area contributed by atoms with Crippen molar-refractivity contribution >= 4 is 29.0 Å². The van der Waals surface area contributed by atoms with Crippen LogP contribution in [-0.4, -0.2) is 34.6 Å². The first-order valence-corrected chi connectivity index (χ1v) is 12.7. The largest absolute Gasteiger partial charge is 0.494 e. The van der Waals surface area contributed by atoms with E-state index in [9.17, 15) is 9.59 Å². The molecule has 0 saturated carbocycles. The Kier molecular flexibility index (Phi) is 8.82. The number of rotatable bonds is 12. The Hall–Kier alpha value is -3.98. The first-order chi connectivity index (χ1) is 17.7. The Labute approximate surface area is 214 Å². The molecule has 2 amide bonds. The summed E-state index contributed by atoms with van der Waals surface area (Å²) in [5.74, 6) is 0.215. The van der Waals surface area contributed by atoms with Gasteiger partial charge in [0.15, 0.2) is 11.7 Å². The van der Waals surface area contributed by atoms with E-state index in [0.717, 1.165) is 29.9 Å². The minimum atomic E-state index is -1.04. The molecule has 0 aliphatic carbocycles. The summed E-state index contributed by atoms with van der Waals surface area (Å²) in [7, 11) is 0. The number of carbonyl (C=O) groups is 2. The van der Waals surface area contributed by atoms with Gasteiger partial charge in [0.1, 0.15) is 11.5 Å². The average Bonchev–Trinajstić information content (AvgIpc) is 3.63. The van der Waals surface area contributed by atoms with Gasteiger partial charge < -0.3 is 14.5 Å². The molecule has 1 atom stereocenters. The number of hydrogen-bond donors (Lipinski definition) is 1. The van der Waals surface area contributed by atoms with Crippen LogP contribution in [0.4, 0.5) is 5.69 Å². The van der Waals surface area contributed by atoms with E-state index in [4.69, 9.17) is 9.15 Å². The molecular formula is C27H28N4O4S. The Balaban J connectivity index is 1.62. The van der Waals surface area contributed by atoms with Crippen LogP contribution in [0.2, 0.25) is 0 Å². The fraction of sp³-hybridized carbons (Fsp3) is 0.259. The zero-order valence-electron chi connectivity index (χ0n) is 20.0. The predicted molar refractivity (Wildman–Crippen MR) is 138 cm³/mol. The van der Waals surface area contributed by atoms with E-state index in [1.807, 2.05) is 30.3 Å². The number of ether oxygens (including phenoxy) is 1. The highest BCUT2D eigenvalue weighted by atomic mass is 32.1. The Morgan fingerprint density at radius 3 is 2.56 bits per heavy atom. The lowest BCUT2D eigenvalue weighted by atomic mass is 10.1. The van der Waals surface area contributed by atoms with Crippen LogP contribution in [-0.2, 0) is 11.2 Å². The van der Waals surface area contributed by atoms with Crippen LogP contribution in [0.25, 0.3) is 0 Å². The van der Waals surface area contributed by atoms with E-state index in [2.05, 4.69) is 21.8 Å². The molecule has 0 bridgehead atoms. The first kappa shape index (κ1) is 25.1. The smallest absolute Gasteiger partial charge is 0.280 e. The fourth-order valence-corrected chi connectivity index (χ4v) is 4.12. The van der Waals surface area contributed by atoms with Gasteiger partial charge in [0.25, 0.3) is 11.8 Å². The number of nitrogens with one attached hydrogen (secondary N) is 1. The van der Waals surface area contributed by atoms with Crippen LogP contribution >= 0.6 is 11.5 Å². The molecule has 2 heterocycles. The quantitative estimate of drug-likeness (QED) is 0.271. The molecule has 0 spiro atoms. The Bertz CT molecular complexity index is 1210. The molecule has 4 rings (SSSR count). The molecule has 2 aromatic heterocycles. The van der Waals surface area contributed by atoms with E-state index in [0.29, 0.717) is 36.8 Å². The van der Waals surface area contributed by atoms with Gasteiger partial charge in [0, 0.05) is 17.6 Å². The predicted octanol–water partition coefficient (Wildman–Crippen LogP) is 5.06. The van der Waals surface area contributed by atoms with Gasteiger partial charge in [0.2, 0.25) is 0 Å². The fourth-order valence-electron chi connectivity index (χ4n) is 3.69. The third-order valence-electron chi connectivity index (χ3n) is 5.55. The van der Waals surface area contributed by atoms with Crippen molar-refractivity contribution < 1.29 is 18.7 Å². The molecule has 0 saturated heterocycles. The highest BCUT2D eigenvalue weighted by molar-refractivity contribution is 7.03. The number of carbonyl (C=O) groups excluding carboxylic acids is 2. The number of nitrogens with zero attached hydrogens (tertiary/aromatic N) is 3. The average molecular weight is 505 g/mol. The summed E-state index contributed by atoms with van der Waals surface area (Å²) >= 11 is 1.07. The maximum absolute atomic E-state index is 13.6. The number of aromatic nitrogens is 2. The molecule has 36 heavy (non-hydrogen) atoms. The molecule has 0 fully saturated rings. The summed E-state index contributed by atoms with van der Waals surface area (Å²) < 4.78 is 15.2. The van der Waals surface area contributed by atoms with E-state index in [1.54, 1.807) is 41.8 Å². The van der Waals surface area contributed by atoms with Gasteiger partial charge in [-0.05, 0) is 66.3 Å². The topological polar surface area (TPSA) is 97.6 Å². The van der Waals surface area contributed by atoms with Crippen LogP contribution < -0.4 is 15.0 Å². The summed E-state index contributed by atoms with van der Waals surface area (Å²) in [5.41, 5.74) is 1.76. The van der Waals surface area contributed by atoms with Crippen molar-refractivity contribution in [3.05, 3.63) is 95.4 Å². The number of anilines is 1. The van der Waals surface area contributed by atoms with Gasteiger partial charge in [-0.25, -0.2) is 0 Å². The van der Waals surface area contributed by atoms with Gasteiger partial charge >= 0.3 is 0 Å². The molecule has 8 nitrogen and oxygen atoms in total. The van der Waals surface area contributed by atoms with Gasteiger partial charge in [-0.15, -0.1) is 5.10 Å². The number of furan rings is 1. The normalized spacial score (nSPS) is 11.6. The molecule has 0 aliphatic heterocycles. The molecule has 9 heteroatoms. The molecule has 2 aromatic carbocycles. The molecule has 4 aromatic rings. The number of benzene rings is 2. The molecule has 0 radical (unpaired) electrons. The van der Waals surface area contributed by atoms with E-state index in [-0.39, 0.29) is 11.6 Å². The monoisotopic (exact) mass is 504 g/mol. The Morgan fingerprint density at radius 2 is 1.89 bits per heavy atom. The molecular weight excluding hydrogens is 476 g/mol. The van der Waals surface area contributed by atoms with Crippen molar-refractivity contribution in [2.45, 2.75) is 32.2 Å². The minimum Gasteiger partial charge on any atom is -0.494 e. The summed E-state index contributed by atoms with van der Waals surface area (Å²) in [4.78, 5) is 28.5. The molecule has 0 aliphatic rings. The van der Waals surface area contributed by atoms with Gasteiger partial charge in [-0.2, -0.15) is 0 Å². The van der Waals surface area contributed by atoms with Crippen molar-refractivity contribution in [2.24, 2.45) is 0 Å². The van der Waals surface area contributed by atoms with Gasteiger partial charge in [-0.1, -0.05) is 48.2 Å². The van der Waals surface area contributed by atoms with Crippen molar-refractivity contribution in [1.82, 2.24) is 14.9 Å². The lowest BCUT2D eigenvalue weighted by molar-refractivity contribution is -0.122. The van der Waals surface area contributed by atoms with E-state index < -0.39 is 11.9 Å². The molecule has 1 unspecified atom stereocenters. The van der Waals surface area contributed by atoms with Crippen LogP contribution in [0.15, 0.2) is 82.8 Å². The lowest BCUT2D eigenvalue weighted by Gasteiger charge is -2.29. The van der Waals surface area contributed by atoms with Crippen molar-refractivity contribution in [2.75, 3.05) is 18.1 Å². The van der Waals surface area contributed by atoms with Crippen LogP contribution in [0.5, 0.6) is 5.75 Å². The maximum atomic E-state index is 13.6. The summed E-state index contributed by atoms with van der Waals surface area (Å²) in [6.45, 7) is 3.12. The second kappa shape index (κ2) is 12.6. The third kappa shape index (κ3) is 6.37. The van der Waals surface area contributed by atoms with Gasteiger partial charge in [0.05, 0.1) is 12.9 Å². The van der Waals surface area contributed by atoms with Crippen molar-refractivity contribution in [1.29, 1.82) is 0 Å². The van der Waals surface area contributed by atoms with E-state index >= 15 is 0 Å². The third-order valence-corrected chi connectivity index (χ3v) is 6.06. The summed E-state index contributed by atoms with van der Waals surface area (Å²) in [6, 6.07) is 19.3. The van der Waals surface area contributed by atoms with Crippen LogP contribution in [0, 0.1) is 0 Å². The second-order valence-electron chi connectivity index (χ2n) is 8.11. The number of hydrogen-bond acceptors (Lipinski definition) is 7. The number of amides is 2. The zero-order valence-corrected chi connectivity index (χ0v) is 20.8. The highest BCUT2D eigenvalue weighted by Crippen LogP contribution is 2.31. The van der Waals surface area contributed by atoms with E-state index in [1.165, 1.54) is 11.2 Å². The minimum absolute atomic E-state index is 0.150.